The van der Waals surface area contributed by atoms with Gasteiger partial charge in [0.2, 0.25) is 0 Å². The third-order valence-corrected chi connectivity index (χ3v) is 12.2. The van der Waals surface area contributed by atoms with Crippen LogP contribution in [-0.4, -0.2) is 23.0 Å². The molecule has 0 saturated heterocycles. The number of rotatable bonds is 5. The first-order valence-electron chi connectivity index (χ1n) is 18.3. The van der Waals surface area contributed by atoms with Gasteiger partial charge in [0.1, 0.15) is 0 Å². The van der Waals surface area contributed by atoms with Gasteiger partial charge in [-0.3, -0.25) is 4.99 Å². The van der Waals surface area contributed by atoms with Crippen LogP contribution in [0, 0.1) is 0 Å². The summed E-state index contributed by atoms with van der Waals surface area (Å²) in [7, 11) is 0. The summed E-state index contributed by atoms with van der Waals surface area (Å²) < 4.78 is 4.85. The van der Waals surface area contributed by atoms with Gasteiger partial charge in [-0.1, -0.05) is 147 Å². The van der Waals surface area contributed by atoms with Crippen molar-refractivity contribution in [2.45, 2.75) is 25.8 Å². The summed E-state index contributed by atoms with van der Waals surface area (Å²) in [5.74, 6) is 1.16. The molecule has 0 unspecified atom stereocenters. The van der Waals surface area contributed by atoms with Crippen LogP contribution in [0.3, 0.4) is 0 Å². The molecule has 0 radical (unpaired) electrons. The Labute approximate surface area is 318 Å². The Morgan fingerprint density at radius 2 is 1.35 bits per heavy atom. The first kappa shape index (κ1) is 32.2. The Morgan fingerprint density at radius 1 is 0.648 bits per heavy atom. The highest BCUT2D eigenvalue weighted by atomic mass is 32.1. The average Bonchev–Trinajstić information content (AvgIpc) is 3.84. The number of fused-ring (bicyclic) bond motifs is 10. The zero-order valence-electron chi connectivity index (χ0n) is 30.1. The van der Waals surface area contributed by atoms with Crippen LogP contribution in [0.5, 0.6) is 0 Å². The number of nitrogens with zero attached hydrogens (tertiary/aromatic N) is 4. The van der Waals surface area contributed by atoms with Crippen molar-refractivity contribution in [3.63, 3.8) is 0 Å². The maximum Gasteiger partial charge on any atom is 0.161 e. The van der Waals surface area contributed by atoms with E-state index in [1.165, 1.54) is 54.0 Å². The zero-order valence-corrected chi connectivity index (χ0v) is 30.9. The van der Waals surface area contributed by atoms with Crippen molar-refractivity contribution in [1.82, 2.24) is 4.57 Å². The van der Waals surface area contributed by atoms with E-state index in [-0.39, 0.29) is 5.41 Å². The smallest absolute Gasteiger partial charge is 0.161 e. The number of amidine groups is 2. The second-order valence-corrected chi connectivity index (χ2v) is 15.5. The highest BCUT2D eigenvalue weighted by Crippen LogP contribution is 2.53. The number of hydrogen-bond donors (Lipinski definition) is 0. The molecule has 7 aromatic carbocycles. The molecule has 0 aliphatic heterocycles. The maximum atomic E-state index is 5.29. The Balaban J connectivity index is 1.32. The third kappa shape index (κ3) is 5.00. The molecule has 0 saturated carbocycles. The molecular weight excluding hydrogens is 677 g/mol. The van der Waals surface area contributed by atoms with Crippen molar-refractivity contribution < 1.29 is 0 Å². The Hall–Kier alpha value is -6.43. The molecule has 258 valence electrons. The van der Waals surface area contributed by atoms with E-state index >= 15 is 0 Å². The van der Waals surface area contributed by atoms with Crippen LogP contribution < -0.4 is 0 Å². The molecule has 0 atom stereocenters. The van der Waals surface area contributed by atoms with Gasteiger partial charge >= 0.3 is 0 Å². The number of thiophene rings is 1. The standard InChI is InChI=1S/C49H36N4S/c1-49(2)40-23-13-10-22-37(40)44-41(49)27-26-36-34-20-11-14-24-42(34)53(45(36)44)33-28-38-35-21-12-15-25-43(35)54-46(38)39(29-33)48(51-30-31-16-6-4-7-17-31)52-47(50-3)32-18-8-5-9-19-32/h4-29H,3,30H2,1-2H3/b51-48-,52-47-. The van der Waals surface area contributed by atoms with Gasteiger partial charge in [0.05, 0.1) is 17.6 Å². The SMILES string of the molecule is C=N/C(=N\C(=N/Cc1ccccc1)c1cc(-n2c3ccccc3c3ccc4c(c32)-c2ccccc2C4(C)C)cc2c1sc1ccccc12)c1ccccc1. The summed E-state index contributed by atoms with van der Waals surface area (Å²) in [6.07, 6.45) is 0. The third-order valence-electron chi connectivity index (χ3n) is 11.0. The minimum atomic E-state index is -0.127. The molecule has 10 rings (SSSR count). The van der Waals surface area contributed by atoms with E-state index in [9.17, 15) is 0 Å². The summed E-state index contributed by atoms with van der Waals surface area (Å²) in [5.41, 5.74) is 11.6. The number of aliphatic imine (C=N–C) groups is 3. The molecule has 1 aliphatic carbocycles. The molecule has 0 amide bonds. The predicted molar refractivity (Wildman–Crippen MR) is 230 cm³/mol. The fraction of sp³-hybridized carbons (Fsp3) is 0.0816. The quantitative estimate of drug-likeness (QED) is 0.126. The van der Waals surface area contributed by atoms with Gasteiger partial charge in [0.15, 0.2) is 11.7 Å². The lowest BCUT2D eigenvalue weighted by Gasteiger charge is -2.21. The van der Waals surface area contributed by atoms with Crippen molar-refractivity contribution in [3.8, 4) is 16.8 Å². The minimum Gasteiger partial charge on any atom is -0.309 e. The molecule has 0 bridgehead atoms. The van der Waals surface area contributed by atoms with Crippen LogP contribution in [-0.2, 0) is 12.0 Å². The second kappa shape index (κ2) is 12.6. The molecule has 2 heterocycles. The number of hydrogen-bond acceptors (Lipinski definition) is 2. The Kier molecular flexibility index (Phi) is 7.53. The molecule has 4 nitrogen and oxygen atoms in total. The molecule has 54 heavy (non-hydrogen) atoms. The average molecular weight is 713 g/mol. The van der Waals surface area contributed by atoms with Gasteiger partial charge < -0.3 is 4.57 Å². The van der Waals surface area contributed by atoms with Gasteiger partial charge in [-0.15, -0.1) is 11.3 Å². The minimum absolute atomic E-state index is 0.127. The maximum absolute atomic E-state index is 5.29. The number of para-hydroxylation sites is 1. The lowest BCUT2D eigenvalue weighted by molar-refractivity contribution is 0.661. The van der Waals surface area contributed by atoms with Crippen LogP contribution in [0.2, 0.25) is 0 Å². The summed E-state index contributed by atoms with van der Waals surface area (Å²) in [5, 5.41) is 4.87. The van der Waals surface area contributed by atoms with Crippen molar-refractivity contribution in [1.29, 1.82) is 0 Å². The first-order valence-corrected chi connectivity index (χ1v) is 19.1. The van der Waals surface area contributed by atoms with Crippen LogP contribution in [0.15, 0.2) is 173 Å². The molecule has 1 aliphatic rings. The van der Waals surface area contributed by atoms with Crippen molar-refractivity contribution in [3.05, 3.63) is 186 Å². The van der Waals surface area contributed by atoms with Gasteiger partial charge in [-0.05, 0) is 53.2 Å². The van der Waals surface area contributed by atoms with E-state index in [0.29, 0.717) is 18.2 Å². The van der Waals surface area contributed by atoms with Gasteiger partial charge in [-0.2, -0.15) is 0 Å². The van der Waals surface area contributed by atoms with Crippen molar-refractivity contribution >= 4 is 71.7 Å². The Morgan fingerprint density at radius 3 is 2.17 bits per heavy atom. The molecule has 0 spiro atoms. The van der Waals surface area contributed by atoms with E-state index in [1.54, 1.807) is 11.3 Å². The van der Waals surface area contributed by atoms with Crippen LogP contribution in [0.25, 0.3) is 58.8 Å². The van der Waals surface area contributed by atoms with Crippen LogP contribution in [0.4, 0.5) is 0 Å². The molecule has 0 N–H and O–H groups in total. The van der Waals surface area contributed by atoms with Crippen molar-refractivity contribution in [2.75, 3.05) is 0 Å². The fourth-order valence-electron chi connectivity index (χ4n) is 8.43. The summed E-state index contributed by atoms with van der Waals surface area (Å²) in [6.45, 7) is 9.13. The summed E-state index contributed by atoms with van der Waals surface area (Å²) in [6, 6.07) is 56.2. The summed E-state index contributed by atoms with van der Waals surface area (Å²) >= 11 is 1.79. The second-order valence-electron chi connectivity index (χ2n) is 14.5. The van der Waals surface area contributed by atoms with E-state index in [1.807, 2.05) is 36.4 Å². The van der Waals surface area contributed by atoms with Crippen LogP contribution >= 0.6 is 11.3 Å². The largest absolute Gasteiger partial charge is 0.309 e. The van der Waals surface area contributed by atoms with E-state index < -0.39 is 0 Å². The molecule has 9 aromatic rings. The zero-order chi connectivity index (χ0) is 36.4. The molecule has 2 aromatic heterocycles. The van der Waals surface area contributed by atoms with Gasteiger partial charge in [0.25, 0.3) is 0 Å². The summed E-state index contributed by atoms with van der Waals surface area (Å²) in [4.78, 5) is 15.0. The van der Waals surface area contributed by atoms with E-state index in [4.69, 9.17) is 9.98 Å². The number of aromatic nitrogens is 1. The van der Waals surface area contributed by atoms with Crippen molar-refractivity contribution in [2.24, 2.45) is 15.0 Å². The molecular formula is C49H36N4S. The lowest BCUT2D eigenvalue weighted by atomic mass is 9.82. The first-order chi connectivity index (χ1) is 26.5. The topological polar surface area (TPSA) is 42.0 Å². The number of benzene rings is 7. The molecule has 0 fully saturated rings. The highest BCUT2D eigenvalue weighted by Gasteiger charge is 2.37. The predicted octanol–water partition coefficient (Wildman–Crippen LogP) is 12.6. The lowest BCUT2D eigenvalue weighted by Crippen LogP contribution is -2.14. The van der Waals surface area contributed by atoms with E-state index in [2.05, 4.69) is 151 Å². The molecule has 5 heteroatoms. The van der Waals surface area contributed by atoms with Gasteiger partial charge in [-0.25, -0.2) is 9.98 Å². The van der Waals surface area contributed by atoms with Gasteiger partial charge in [0, 0.05) is 58.7 Å². The van der Waals surface area contributed by atoms with Crippen LogP contribution in [0.1, 0.15) is 41.7 Å². The monoisotopic (exact) mass is 712 g/mol. The normalized spacial score (nSPS) is 13.9. The fourth-order valence-corrected chi connectivity index (χ4v) is 9.62. The van der Waals surface area contributed by atoms with E-state index in [0.717, 1.165) is 32.6 Å². The Bertz CT molecular complexity index is 3000. The highest BCUT2D eigenvalue weighted by molar-refractivity contribution is 7.26.